The topological polar surface area (TPSA) is 75.9 Å². The maximum absolute atomic E-state index is 13.8. The highest BCUT2D eigenvalue weighted by molar-refractivity contribution is 6.33. The Balaban J connectivity index is 1.31. The molecule has 7 nitrogen and oxygen atoms in total. The summed E-state index contributed by atoms with van der Waals surface area (Å²) in [5.41, 5.74) is 5.45. The summed E-state index contributed by atoms with van der Waals surface area (Å²) in [6, 6.07) is 25.0. The van der Waals surface area contributed by atoms with E-state index in [9.17, 15) is 9.59 Å². The number of hydrogen-bond acceptors (Lipinski definition) is 3. The van der Waals surface area contributed by atoms with Crippen molar-refractivity contribution in [1.82, 2.24) is 24.2 Å². The average Bonchev–Trinajstić information content (AvgIpc) is 3.50. The van der Waals surface area contributed by atoms with E-state index in [0.717, 1.165) is 27.8 Å². The molecule has 0 atom stereocenters. The standard InChI is InChI=1S/C29H26ClN5O2/c1-19-7-6-8-21(17-19)35-27(18-25(32-35)22-9-2-3-10-23(22)30)28(36)33-15-13-20(14-16-33)34-26-12-5-4-11-24(26)31-29(34)37/h2-12,17-18,20H,13-16H2,1H3,(H,31,37). The molecule has 3 heterocycles. The van der Waals surface area contributed by atoms with Gasteiger partial charge in [-0.1, -0.05) is 54.1 Å². The van der Waals surface area contributed by atoms with Crippen LogP contribution in [0.15, 0.2) is 83.7 Å². The number of imidazole rings is 1. The summed E-state index contributed by atoms with van der Waals surface area (Å²) in [4.78, 5) is 31.3. The summed E-state index contributed by atoms with van der Waals surface area (Å²) in [7, 11) is 0. The predicted octanol–water partition coefficient (Wildman–Crippen LogP) is 5.62. The molecule has 0 unspecified atom stereocenters. The highest BCUT2D eigenvalue weighted by atomic mass is 35.5. The second-order valence-corrected chi connectivity index (χ2v) is 9.89. The van der Waals surface area contributed by atoms with Crippen molar-refractivity contribution in [2.75, 3.05) is 13.1 Å². The Morgan fingerprint density at radius 3 is 2.51 bits per heavy atom. The van der Waals surface area contributed by atoms with Crippen LogP contribution in [0.4, 0.5) is 0 Å². The third kappa shape index (κ3) is 4.25. The van der Waals surface area contributed by atoms with Crippen LogP contribution in [0, 0.1) is 6.92 Å². The minimum absolute atomic E-state index is 0.0352. The molecule has 0 spiro atoms. The smallest absolute Gasteiger partial charge is 0.326 e. The van der Waals surface area contributed by atoms with Gasteiger partial charge >= 0.3 is 5.69 Å². The largest absolute Gasteiger partial charge is 0.337 e. The van der Waals surface area contributed by atoms with Crippen LogP contribution in [0.5, 0.6) is 0 Å². The molecule has 1 N–H and O–H groups in total. The molecule has 3 aromatic carbocycles. The lowest BCUT2D eigenvalue weighted by atomic mass is 10.0. The van der Waals surface area contributed by atoms with Gasteiger partial charge in [-0.15, -0.1) is 0 Å². The molecule has 1 amide bonds. The van der Waals surface area contributed by atoms with Gasteiger partial charge < -0.3 is 9.88 Å². The van der Waals surface area contributed by atoms with E-state index in [4.69, 9.17) is 16.7 Å². The van der Waals surface area contributed by atoms with Crippen LogP contribution in [-0.2, 0) is 0 Å². The Labute approximate surface area is 218 Å². The van der Waals surface area contributed by atoms with Crippen molar-refractivity contribution >= 4 is 28.5 Å². The number of nitrogens with zero attached hydrogens (tertiary/aromatic N) is 4. The number of halogens is 1. The van der Waals surface area contributed by atoms with Crippen LogP contribution in [0.2, 0.25) is 5.02 Å². The first kappa shape index (κ1) is 23.3. The maximum atomic E-state index is 13.8. The molecule has 0 aliphatic carbocycles. The summed E-state index contributed by atoms with van der Waals surface area (Å²) in [6.45, 7) is 3.12. The van der Waals surface area contributed by atoms with Crippen molar-refractivity contribution in [2.45, 2.75) is 25.8 Å². The van der Waals surface area contributed by atoms with Gasteiger partial charge in [-0.3, -0.25) is 9.36 Å². The number of nitrogens with one attached hydrogen (secondary N) is 1. The SMILES string of the molecule is Cc1cccc(-n2nc(-c3ccccc3Cl)cc2C(=O)N2CCC(n3c(=O)[nH]c4ccccc43)CC2)c1. The zero-order chi connectivity index (χ0) is 25.5. The van der Waals surface area contributed by atoms with E-state index in [1.165, 1.54) is 0 Å². The van der Waals surface area contributed by atoms with Crippen LogP contribution in [-0.4, -0.2) is 43.2 Å². The Morgan fingerprint density at radius 2 is 1.73 bits per heavy atom. The molecular formula is C29H26ClN5O2. The van der Waals surface area contributed by atoms with E-state index in [2.05, 4.69) is 4.98 Å². The summed E-state index contributed by atoms with van der Waals surface area (Å²) in [5.74, 6) is -0.0861. The third-order valence-electron chi connectivity index (χ3n) is 7.07. The normalized spacial score (nSPS) is 14.4. The minimum Gasteiger partial charge on any atom is -0.337 e. The average molecular weight is 512 g/mol. The van der Waals surface area contributed by atoms with Crippen molar-refractivity contribution in [3.05, 3.63) is 106 Å². The lowest BCUT2D eigenvalue weighted by Gasteiger charge is -2.32. The van der Waals surface area contributed by atoms with Crippen molar-refractivity contribution < 1.29 is 4.79 Å². The zero-order valence-corrected chi connectivity index (χ0v) is 21.2. The van der Waals surface area contributed by atoms with Gasteiger partial charge in [0.1, 0.15) is 5.69 Å². The number of amides is 1. The lowest BCUT2D eigenvalue weighted by molar-refractivity contribution is 0.0685. The number of rotatable bonds is 4. The Kier molecular flexibility index (Phi) is 5.93. The molecule has 6 rings (SSSR count). The number of hydrogen-bond donors (Lipinski definition) is 1. The summed E-state index contributed by atoms with van der Waals surface area (Å²) in [6.07, 6.45) is 1.40. The minimum atomic E-state index is -0.104. The van der Waals surface area contributed by atoms with Crippen LogP contribution in [0.1, 0.15) is 34.9 Å². The molecule has 1 saturated heterocycles. The number of carbonyl (C=O) groups excluding carboxylic acids is 1. The number of aromatic nitrogens is 4. The molecule has 0 bridgehead atoms. The van der Waals surface area contributed by atoms with Crippen LogP contribution in [0.25, 0.3) is 28.0 Å². The molecule has 1 aliphatic rings. The van der Waals surface area contributed by atoms with E-state index < -0.39 is 0 Å². The van der Waals surface area contributed by atoms with Crippen LogP contribution < -0.4 is 5.69 Å². The van der Waals surface area contributed by atoms with E-state index in [0.29, 0.717) is 42.3 Å². The highest BCUT2D eigenvalue weighted by Gasteiger charge is 2.29. The summed E-state index contributed by atoms with van der Waals surface area (Å²) in [5, 5.41) is 5.39. The quantitative estimate of drug-likeness (QED) is 0.340. The molecular weight excluding hydrogens is 486 g/mol. The van der Waals surface area contributed by atoms with Crippen LogP contribution in [0.3, 0.4) is 0 Å². The second kappa shape index (κ2) is 9.41. The molecule has 8 heteroatoms. The monoisotopic (exact) mass is 511 g/mol. The zero-order valence-electron chi connectivity index (χ0n) is 20.4. The van der Waals surface area contributed by atoms with Gasteiger partial charge in [-0.2, -0.15) is 5.10 Å². The maximum Gasteiger partial charge on any atom is 0.326 e. The fourth-order valence-electron chi connectivity index (χ4n) is 5.22. The van der Waals surface area contributed by atoms with Crippen molar-refractivity contribution in [3.8, 4) is 16.9 Å². The molecule has 37 heavy (non-hydrogen) atoms. The molecule has 1 aliphatic heterocycles. The number of likely N-dealkylation sites (tertiary alicyclic amines) is 1. The van der Waals surface area contributed by atoms with E-state index in [1.807, 2.05) is 95.3 Å². The number of para-hydroxylation sites is 2. The van der Waals surface area contributed by atoms with Gasteiger partial charge in [0, 0.05) is 24.7 Å². The molecule has 2 aromatic heterocycles. The second-order valence-electron chi connectivity index (χ2n) is 9.49. The van der Waals surface area contributed by atoms with Crippen molar-refractivity contribution in [3.63, 3.8) is 0 Å². The first-order valence-corrected chi connectivity index (χ1v) is 12.8. The van der Waals surface area contributed by atoms with Gasteiger partial charge in [0.15, 0.2) is 0 Å². The van der Waals surface area contributed by atoms with E-state index in [-0.39, 0.29) is 17.6 Å². The first-order chi connectivity index (χ1) is 18.0. The first-order valence-electron chi connectivity index (χ1n) is 12.4. The number of benzene rings is 3. The third-order valence-corrected chi connectivity index (χ3v) is 7.39. The van der Waals surface area contributed by atoms with Gasteiger partial charge in [0.25, 0.3) is 5.91 Å². The summed E-state index contributed by atoms with van der Waals surface area (Å²) < 4.78 is 3.55. The lowest BCUT2D eigenvalue weighted by Crippen LogP contribution is -2.41. The molecule has 1 fully saturated rings. The van der Waals surface area contributed by atoms with Gasteiger partial charge in [-0.25, -0.2) is 9.48 Å². The number of piperidine rings is 1. The van der Waals surface area contributed by atoms with Crippen molar-refractivity contribution in [1.29, 1.82) is 0 Å². The molecule has 0 saturated carbocycles. The summed E-state index contributed by atoms with van der Waals surface area (Å²) >= 11 is 6.46. The Morgan fingerprint density at radius 1 is 0.973 bits per heavy atom. The van der Waals surface area contributed by atoms with Gasteiger partial charge in [-0.05, 0) is 61.7 Å². The van der Waals surface area contributed by atoms with Crippen LogP contribution >= 0.6 is 11.6 Å². The number of aromatic amines is 1. The van der Waals surface area contributed by atoms with Gasteiger partial charge in [0.05, 0.1) is 27.4 Å². The highest BCUT2D eigenvalue weighted by Crippen LogP contribution is 2.30. The van der Waals surface area contributed by atoms with Crippen molar-refractivity contribution in [2.24, 2.45) is 0 Å². The van der Waals surface area contributed by atoms with Gasteiger partial charge in [0.2, 0.25) is 0 Å². The molecule has 186 valence electrons. The number of H-pyrrole nitrogens is 1. The fourth-order valence-corrected chi connectivity index (χ4v) is 5.45. The number of aryl methyl sites for hydroxylation is 1. The molecule has 0 radical (unpaired) electrons. The Bertz CT molecular complexity index is 1670. The number of fused-ring (bicyclic) bond motifs is 1. The molecule has 5 aromatic rings. The number of carbonyl (C=O) groups is 1. The Hall–Kier alpha value is -4.10. The van der Waals surface area contributed by atoms with E-state index >= 15 is 0 Å². The predicted molar refractivity (Wildman–Crippen MR) is 145 cm³/mol. The fraction of sp³-hybridized carbons (Fsp3) is 0.207. The van der Waals surface area contributed by atoms with E-state index in [1.54, 1.807) is 4.68 Å².